The Morgan fingerprint density at radius 3 is 0.965 bits per heavy atom. The molecule has 1 aromatic carbocycles. The summed E-state index contributed by atoms with van der Waals surface area (Å²) in [6.07, 6.45) is 26.4. The summed E-state index contributed by atoms with van der Waals surface area (Å²) in [5.41, 5.74) is 0.943. The molecule has 2 saturated heterocycles. The van der Waals surface area contributed by atoms with Crippen LogP contribution in [0, 0.1) is 23.2 Å². The summed E-state index contributed by atoms with van der Waals surface area (Å²) < 4.78 is 158. The van der Waals surface area contributed by atoms with Gasteiger partial charge >= 0.3 is 102 Å². The fraction of sp³-hybridized carbons (Fsp3) is 0.863. The number of rotatable bonds is 75. The number of nitrogens with zero attached hydrogens (tertiary/aromatic N) is 4. The number of unbranched alkanes of at least 4 members (excludes halogenated alkanes) is 5. The first-order chi connectivity index (χ1) is 68.7. The summed E-state index contributed by atoms with van der Waals surface area (Å²) in [4.78, 5) is 89.4. The zero-order chi connectivity index (χ0) is 109. The molecule has 1 aliphatic carbocycles. The SMILES string of the molecule is CCC1CC(CCC[Si](OC)(OC)OC)(CCC[Si](OC)(OC)OC)C(=O)O1.CCCCC1(CCC[Si](OC)(OC)OC)CCCN1C(C)=O.CCCCCn1c(=O)n(CCCC[Si](OC)(OC)OC)c(=O)n(CCCC[Si](OC)(OC)OC)c1=O.CO[Si](CCC1CC(CCC(C)=O)C(CC[Si](OC)(OC)OC)C1)(OC)OC.CO[Si](CCCc1cc(CCC[Si](OC)(OC)OC)cc(NC(C)=O)c1)(OC)OC. The number of anilines is 1. The maximum atomic E-state index is 13.2. The first-order valence-electron chi connectivity index (χ1n) is 50.9. The normalized spacial score (nSPS) is 17.5. The molecule has 144 heavy (non-hydrogen) atoms. The Labute approximate surface area is 873 Å². The number of ether oxygens (including phenoxy) is 1. The molecule has 5 rings (SSSR count). The van der Waals surface area contributed by atoms with Crippen molar-refractivity contribution in [3.05, 3.63) is 60.8 Å². The highest BCUT2D eigenvalue weighted by molar-refractivity contribution is 6.63. The number of cyclic esters (lactones) is 1. The van der Waals surface area contributed by atoms with E-state index in [2.05, 4.69) is 30.1 Å². The maximum Gasteiger partial charge on any atom is 0.500 e. The maximum absolute atomic E-state index is 13.2. The molecular formula is C95H193N5O35Si9. The molecule has 40 nitrogen and oxygen atoms in total. The molecule has 5 atom stereocenters. The van der Waals surface area contributed by atoms with Crippen LogP contribution in [0.1, 0.15) is 232 Å². The van der Waals surface area contributed by atoms with Crippen LogP contribution in [0.4, 0.5) is 5.69 Å². The van der Waals surface area contributed by atoms with Crippen molar-refractivity contribution < 1.29 is 143 Å². The van der Waals surface area contributed by atoms with Crippen molar-refractivity contribution in [1.82, 2.24) is 18.6 Å². The van der Waals surface area contributed by atoms with Gasteiger partial charge in [0.05, 0.1) is 5.41 Å². The molecule has 3 heterocycles. The van der Waals surface area contributed by atoms with E-state index in [0.717, 1.165) is 182 Å². The largest absolute Gasteiger partial charge is 0.500 e. The fourth-order valence-electron chi connectivity index (χ4n) is 19.9. The van der Waals surface area contributed by atoms with E-state index < -0.39 is 102 Å². The lowest BCUT2D eigenvalue weighted by atomic mass is 9.76. The van der Waals surface area contributed by atoms with Gasteiger partial charge in [0.2, 0.25) is 11.8 Å². The topological polar surface area (TPSA) is 408 Å². The van der Waals surface area contributed by atoms with Crippen molar-refractivity contribution in [1.29, 1.82) is 0 Å². The Morgan fingerprint density at radius 1 is 0.361 bits per heavy atom. The minimum atomic E-state index is -2.74. The second-order valence-corrected chi connectivity index (χ2v) is 64.6. The molecular weight excluding hydrogens is 2020 g/mol. The number of carbonyl (C=O) groups is 4. The summed E-state index contributed by atoms with van der Waals surface area (Å²) >= 11 is 0. The Morgan fingerprint density at radius 2 is 0.660 bits per heavy atom. The lowest BCUT2D eigenvalue weighted by Crippen LogP contribution is -2.54. The van der Waals surface area contributed by atoms with E-state index in [9.17, 15) is 33.6 Å². The van der Waals surface area contributed by atoms with Crippen molar-refractivity contribution in [3.8, 4) is 0 Å². The number of likely N-dealkylation sites (tertiary alicyclic amines) is 1. The molecule has 1 saturated carbocycles. The highest BCUT2D eigenvalue weighted by Crippen LogP contribution is 2.48. The number of aromatic nitrogens is 3. The van der Waals surface area contributed by atoms with Crippen molar-refractivity contribution in [3.63, 3.8) is 0 Å². The van der Waals surface area contributed by atoms with Gasteiger partial charge in [0, 0.05) is 310 Å². The molecule has 49 heteroatoms. The number of Topliss-reactive ketones (excluding diaryl/α,β-unsaturated/α-hetero) is 1. The smallest absolute Gasteiger partial charge is 0.462 e. The van der Waals surface area contributed by atoms with Gasteiger partial charge in [0.15, 0.2) is 0 Å². The molecule has 2 aliphatic heterocycles. The lowest BCUT2D eigenvalue weighted by molar-refractivity contribution is -0.149. The van der Waals surface area contributed by atoms with Gasteiger partial charge in [-0.15, -0.1) is 0 Å². The highest BCUT2D eigenvalue weighted by Gasteiger charge is 2.52. The van der Waals surface area contributed by atoms with E-state index in [1.807, 2.05) is 19.1 Å². The van der Waals surface area contributed by atoms with E-state index in [0.29, 0.717) is 93.3 Å². The third-order valence-electron chi connectivity index (χ3n) is 28.9. The van der Waals surface area contributed by atoms with Crippen molar-refractivity contribution in [2.75, 3.05) is 204 Å². The van der Waals surface area contributed by atoms with E-state index in [1.54, 1.807) is 206 Å². The molecule has 3 fully saturated rings. The monoisotopic (exact) mass is 2220 g/mol. The highest BCUT2D eigenvalue weighted by atomic mass is 28.4. The fourth-order valence-corrected chi connectivity index (χ4v) is 35.8. The molecule has 0 radical (unpaired) electrons. The Balaban J connectivity index is 0.000000907. The lowest BCUT2D eigenvalue weighted by Gasteiger charge is -2.39. The van der Waals surface area contributed by atoms with Gasteiger partial charge in [-0.25, -0.2) is 28.1 Å². The molecule has 3 aliphatic rings. The van der Waals surface area contributed by atoms with Crippen LogP contribution in [0.15, 0.2) is 32.6 Å². The number of ketones is 1. The minimum Gasteiger partial charge on any atom is -0.462 e. The average molecular weight is 2220 g/mol. The van der Waals surface area contributed by atoms with Crippen LogP contribution < -0.4 is 22.4 Å². The summed E-state index contributed by atoms with van der Waals surface area (Å²) in [5, 5.41) is 2.90. The van der Waals surface area contributed by atoms with Crippen molar-refractivity contribution in [2.45, 2.75) is 320 Å². The summed E-state index contributed by atoms with van der Waals surface area (Å²) in [5.74, 6) is 1.99. The van der Waals surface area contributed by atoms with Gasteiger partial charge < -0.3 is 139 Å². The number of hydrogen-bond acceptors (Lipinski definition) is 35. The second-order valence-electron chi connectivity index (χ2n) is 36.8. The third kappa shape index (κ3) is 43.9. The average Bonchev–Trinajstić information content (AvgIpc) is 1.29. The number of benzene rings is 1. The van der Waals surface area contributed by atoms with Crippen LogP contribution in [-0.4, -0.2) is 332 Å². The zero-order valence-corrected chi connectivity index (χ0v) is 104. The van der Waals surface area contributed by atoms with Crippen LogP contribution in [0.2, 0.25) is 54.4 Å². The molecule has 1 aromatic heterocycles. The first kappa shape index (κ1) is 139. The quantitative estimate of drug-likeness (QED) is 0.0365. The molecule has 5 unspecified atom stereocenters. The number of esters is 1. The van der Waals surface area contributed by atoms with Crippen LogP contribution in [-0.2, 0) is 176 Å². The predicted molar refractivity (Wildman–Crippen MR) is 572 cm³/mol. The minimum absolute atomic E-state index is 0.0175. The standard InChI is InChI=1S/C22H45N3O9Si2.C20H37NO7Si2.C19H40O7Si2.C18H38O8Si2.C16H33NO4Si/c1-8-9-10-15-23-20(26)24(16-11-13-18-35(29-2,30-3)31-4)22(28)25(21(23)27)17-12-14-19-36(32-5,33-6)34-7;1-17(22)21-20-15-18(10-8-12-29(23-2,24-3)25-4)14-19(16-20)11-9-13-30(26-5,27-6)28-7;1-16(20)8-9-18-14-17(10-12-27(21-2,22-3)23-4)15-19(18)11-13-28(24-5,25-6)26-7;1-8-16-15-18(17(19)26-16,11-9-13-27(20-2,21-3)22-4)12-10-14-28(23-5,24-6)25-7;1-6-7-10-16(11-8-13-17(16)15(2)18)12-9-14-22(19-3,20-4)21-5/h8-19H2,1-7H3;14-16H,8-13H2,1-7H3,(H,21,22);17-19H,8-15H2,1-7H3;16H,8-15H2,1-7H3;6-14H2,1-5H3. The van der Waals surface area contributed by atoms with Gasteiger partial charge in [-0.05, 0) is 202 Å². The number of hydrogen-bond donors (Lipinski definition) is 1. The van der Waals surface area contributed by atoms with E-state index in [1.165, 1.54) is 33.5 Å². The van der Waals surface area contributed by atoms with E-state index >= 15 is 0 Å². The first-order valence-corrected chi connectivity index (χ1v) is 68.3. The number of nitrogens with one attached hydrogen (secondary N) is 1. The second kappa shape index (κ2) is 73.0. The summed E-state index contributed by atoms with van der Waals surface area (Å²) in [6, 6.07) is 12.5. The van der Waals surface area contributed by atoms with Gasteiger partial charge in [0.1, 0.15) is 11.9 Å². The van der Waals surface area contributed by atoms with Crippen molar-refractivity contribution in [2.24, 2.45) is 23.2 Å². The molecule has 1 N–H and O–H groups in total. The zero-order valence-electron chi connectivity index (χ0n) is 94.5. The van der Waals surface area contributed by atoms with E-state index in [4.69, 9.17) is 124 Å². The number of amides is 2. The molecule has 844 valence electrons. The third-order valence-corrected chi connectivity index (χ3v) is 54.3. The summed E-state index contributed by atoms with van der Waals surface area (Å²) in [7, 11) is 20.1. The van der Waals surface area contributed by atoms with Crippen molar-refractivity contribution >= 4 is 108 Å². The van der Waals surface area contributed by atoms with Gasteiger partial charge in [-0.3, -0.25) is 14.4 Å². The predicted octanol–water partition coefficient (Wildman–Crippen LogP) is 14.7. The van der Waals surface area contributed by atoms with Gasteiger partial charge in [-0.1, -0.05) is 52.5 Å². The summed E-state index contributed by atoms with van der Waals surface area (Å²) in [6.45, 7) is 12.8. The molecule has 2 amide bonds. The van der Waals surface area contributed by atoms with Crippen LogP contribution in [0.25, 0.3) is 0 Å². The molecule has 0 spiro atoms. The Hall–Kier alpha value is -3.42. The van der Waals surface area contributed by atoms with Gasteiger partial charge in [-0.2, -0.15) is 0 Å². The van der Waals surface area contributed by atoms with E-state index in [-0.39, 0.29) is 54.8 Å². The number of carbonyl (C=O) groups excluding carboxylic acids is 4. The Bertz CT molecular complexity index is 3780. The van der Waals surface area contributed by atoms with Gasteiger partial charge in [0.25, 0.3) is 0 Å². The molecule has 0 bridgehead atoms. The van der Waals surface area contributed by atoms with Crippen LogP contribution >= 0.6 is 0 Å². The number of aryl methyl sites for hydroxylation is 2. The Kier molecular flexibility index (Phi) is 70.3. The van der Waals surface area contributed by atoms with Crippen LogP contribution in [0.3, 0.4) is 0 Å². The van der Waals surface area contributed by atoms with Crippen LogP contribution in [0.5, 0.6) is 0 Å². The molecule has 2 aromatic rings.